The van der Waals surface area contributed by atoms with Crippen LogP contribution in [0, 0.1) is 29.6 Å². The summed E-state index contributed by atoms with van der Waals surface area (Å²) in [6.45, 7) is 2.16. The Hall–Kier alpha value is -1.71. The fraction of sp³-hybridized carbons (Fsp3) is 0.741. The predicted molar refractivity (Wildman–Crippen MR) is 125 cm³/mol. The molecule has 0 unspecified atom stereocenters. The highest BCUT2D eigenvalue weighted by molar-refractivity contribution is 5.72. The van der Waals surface area contributed by atoms with Crippen LogP contribution in [0.4, 0.5) is 0 Å². The molecule has 3 nitrogen and oxygen atoms in total. The van der Waals surface area contributed by atoms with Crippen LogP contribution >= 0.6 is 0 Å². The lowest BCUT2D eigenvalue weighted by atomic mass is 9.94. The normalized spacial score (nSPS) is 18.0. The van der Waals surface area contributed by atoms with E-state index in [1.807, 2.05) is 6.08 Å². The Balaban J connectivity index is 1.83. The van der Waals surface area contributed by atoms with E-state index in [4.69, 9.17) is 4.74 Å². The molecule has 30 heavy (non-hydrogen) atoms. The first kappa shape index (κ1) is 26.3. The Kier molecular flexibility index (Phi) is 16.9. The van der Waals surface area contributed by atoms with Gasteiger partial charge in [-0.1, -0.05) is 95.5 Å². The fourth-order valence-corrected chi connectivity index (χ4v) is 3.82. The standard InChI is InChI=1S/C27H42O3/c1-2-3-4-5-6-7-8-9-10-11-12-13-14-15-16-17-18-19-20-21-22-25-23-27(29)30-26(25)24-28/h5-6,25-26,28H,2-4,11-24H2,1H3/b6-5-/t25-,26-/m1/s1. The molecule has 1 aliphatic rings. The molecule has 1 rings (SSSR count). The summed E-state index contributed by atoms with van der Waals surface area (Å²) in [6.07, 6.45) is 22.5. The van der Waals surface area contributed by atoms with Crippen LogP contribution in [0.5, 0.6) is 0 Å². The van der Waals surface area contributed by atoms with Crippen LogP contribution in [-0.2, 0) is 9.53 Å². The second-order valence-electron chi connectivity index (χ2n) is 8.37. The predicted octanol–water partition coefficient (Wildman–Crippen LogP) is 6.34. The summed E-state index contributed by atoms with van der Waals surface area (Å²) in [7, 11) is 0. The maximum Gasteiger partial charge on any atom is 0.306 e. The van der Waals surface area contributed by atoms with Gasteiger partial charge in [0.1, 0.15) is 6.10 Å². The topological polar surface area (TPSA) is 46.5 Å². The van der Waals surface area contributed by atoms with Gasteiger partial charge in [0, 0.05) is 12.3 Å². The van der Waals surface area contributed by atoms with Crippen molar-refractivity contribution >= 4 is 5.97 Å². The molecule has 0 aromatic carbocycles. The number of aliphatic hydroxyl groups is 1. The number of carbonyl (C=O) groups is 1. The number of carbonyl (C=O) groups excluding carboxylic acids is 1. The van der Waals surface area contributed by atoms with E-state index in [9.17, 15) is 9.90 Å². The van der Waals surface area contributed by atoms with E-state index in [0.717, 1.165) is 25.7 Å². The number of aliphatic hydroxyl groups excluding tert-OH is 1. The van der Waals surface area contributed by atoms with E-state index in [0.29, 0.717) is 6.42 Å². The molecular weight excluding hydrogens is 372 g/mol. The molecular formula is C27H42O3. The van der Waals surface area contributed by atoms with Crippen molar-refractivity contribution < 1.29 is 14.6 Å². The van der Waals surface area contributed by atoms with Gasteiger partial charge < -0.3 is 9.84 Å². The van der Waals surface area contributed by atoms with Crippen molar-refractivity contribution in [3.8, 4) is 23.7 Å². The molecule has 3 heteroatoms. The number of ether oxygens (including phenoxy) is 1. The van der Waals surface area contributed by atoms with Crippen LogP contribution in [0.3, 0.4) is 0 Å². The molecule has 168 valence electrons. The molecule has 1 saturated heterocycles. The smallest absolute Gasteiger partial charge is 0.306 e. The number of allylic oxidation sites excluding steroid dienone is 2. The van der Waals surface area contributed by atoms with Gasteiger partial charge in [0.25, 0.3) is 0 Å². The van der Waals surface area contributed by atoms with Gasteiger partial charge in [-0.15, -0.1) is 0 Å². The van der Waals surface area contributed by atoms with Crippen molar-refractivity contribution in [2.45, 2.75) is 116 Å². The molecule has 0 saturated carbocycles. The Morgan fingerprint density at radius 2 is 1.63 bits per heavy atom. The average Bonchev–Trinajstić information content (AvgIpc) is 3.11. The molecule has 0 amide bonds. The van der Waals surface area contributed by atoms with E-state index in [2.05, 4.69) is 36.7 Å². The van der Waals surface area contributed by atoms with Gasteiger partial charge in [-0.2, -0.15) is 0 Å². The minimum absolute atomic E-state index is 0.0339. The maximum absolute atomic E-state index is 11.3. The molecule has 0 spiro atoms. The zero-order valence-electron chi connectivity index (χ0n) is 19.1. The molecule has 0 aromatic heterocycles. The maximum atomic E-state index is 11.3. The summed E-state index contributed by atoms with van der Waals surface area (Å²) in [4.78, 5) is 11.3. The highest BCUT2D eigenvalue weighted by Gasteiger charge is 2.33. The van der Waals surface area contributed by atoms with Crippen molar-refractivity contribution in [2.24, 2.45) is 5.92 Å². The summed E-state index contributed by atoms with van der Waals surface area (Å²) in [5.41, 5.74) is 0. The van der Waals surface area contributed by atoms with Crippen LogP contribution < -0.4 is 0 Å². The molecule has 0 radical (unpaired) electrons. The SMILES string of the molecule is CCCC/C=C\C#CC#CCCCCCCCCCCCC[C@@H]1CC(=O)O[C@@H]1CO. The van der Waals surface area contributed by atoms with Crippen LogP contribution in [0.25, 0.3) is 0 Å². The van der Waals surface area contributed by atoms with Crippen LogP contribution in [-0.4, -0.2) is 23.8 Å². The van der Waals surface area contributed by atoms with Crippen molar-refractivity contribution in [1.29, 1.82) is 0 Å². The highest BCUT2D eigenvalue weighted by Crippen LogP contribution is 2.27. The van der Waals surface area contributed by atoms with Crippen LogP contribution in [0.1, 0.15) is 110 Å². The van der Waals surface area contributed by atoms with Gasteiger partial charge in [0.05, 0.1) is 13.0 Å². The Bertz CT molecular complexity index is 585. The quantitative estimate of drug-likeness (QED) is 0.182. The first-order chi connectivity index (χ1) is 14.8. The van der Waals surface area contributed by atoms with E-state index < -0.39 is 0 Å². The van der Waals surface area contributed by atoms with Crippen molar-refractivity contribution in [3.05, 3.63) is 12.2 Å². The zero-order chi connectivity index (χ0) is 21.7. The Labute approximate surface area is 185 Å². The Morgan fingerprint density at radius 1 is 0.967 bits per heavy atom. The van der Waals surface area contributed by atoms with Gasteiger partial charge >= 0.3 is 5.97 Å². The monoisotopic (exact) mass is 414 g/mol. The molecule has 2 atom stereocenters. The summed E-state index contributed by atoms with van der Waals surface area (Å²) in [5, 5.41) is 9.23. The summed E-state index contributed by atoms with van der Waals surface area (Å²) in [6, 6.07) is 0. The molecule has 0 aliphatic carbocycles. The van der Waals surface area contributed by atoms with Crippen molar-refractivity contribution in [2.75, 3.05) is 6.61 Å². The first-order valence-electron chi connectivity index (χ1n) is 12.2. The average molecular weight is 415 g/mol. The molecule has 1 fully saturated rings. The third-order valence-corrected chi connectivity index (χ3v) is 5.69. The number of hydrogen-bond donors (Lipinski definition) is 1. The molecule has 1 heterocycles. The highest BCUT2D eigenvalue weighted by atomic mass is 16.6. The lowest BCUT2D eigenvalue weighted by Crippen LogP contribution is -2.20. The third-order valence-electron chi connectivity index (χ3n) is 5.69. The number of esters is 1. The number of hydrogen-bond acceptors (Lipinski definition) is 3. The van der Waals surface area contributed by atoms with Gasteiger partial charge in [0.15, 0.2) is 0 Å². The van der Waals surface area contributed by atoms with Crippen LogP contribution in [0.15, 0.2) is 12.2 Å². The van der Waals surface area contributed by atoms with E-state index in [1.54, 1.807) is 0 Å². The third kappa shape index (κ3) is 14.3. The van der Waals surface area contributed by atoms with E-state index in [-0.39, 0.29) is 24.6 Å². The zero-order valence-corrected chi connectivity index (χ0v) is 19.1. The summed E-state index contributed by atoms with van der Waals surface area (Å²) >= 11 is 0. The van der Waals surface area contributed by atoms with Crippen LogP contribution in [0.2, 0.25) is 0 Å². The molecule has 1 N–H and O–H groups in total. The van der Waals surface area contributed by atoms with Crippen molar-refractivity contribution in [3.63, 3.8) is 0 Å². The fourth-order valence-electron chi connectivity index (χ4n) is 3.82. The first-order valence-corrected chi connectivity index (χ1v) is 12.2. The Morgan fingerprint density at radius 3 is 2.30 bits per heavy atom. The minimum Gasteiger partial charge on any atom is -0.460 e. The molecule has 0 aromatic rings. The minimum atomic E-state index is -0.256. The van der Waals surface area contributed by atoms with Crippen molar-refractivity contribution in [1.82, 2.24) is 0 Å². The number of rotatable bonds is 16. The van der Waals surface area contributed by atoms with Gasteiger partial charge in [-0.05, 0) is 37.2 Å². The molecule has 0 bridgehead atoms. The lowest BCUT2D eigenvalue weighted by Gasteiger charge is -2.14. The summed E-state index contributed by atoms with van der Waals surface area (Å²) in [5.74, 6) is 12.0. The van der Waals surface area contributed by atoms with E-state index >= 15 is 0 Å². The largest absolute Gasteiger partial charge is 0.460 e. The second kappa shape index (κ2) is 19.3. The second-order valence-corrected chi connectivity index (χ2v) is 8.37. The van der Waals surface area contributed by atoms with Gasteiger partial charge in [-0.3, -0.25) is 4.79 Å². The molecule has 1 aliphatic heterocycles. The number of unbranched alkanes of at least 4 members (excludes halogenated alkanes) is 12. The van der Waals surface area contributed by atoms with E-state index in [1.165, 1.54) is 70.6 Å². The van der Waals surface area contributed by atoms with Gasteiger partial charge in [0.2, 0.25) is 0 Å². The lowest BCUT2D eigenvalue weighted by molar-refractivity contribution is -0.142. The van der Waals surface area contributed by atoms with Gasteiger partial charge in [-0.25, -0.2) is 0 Å². The number of cyclic esters (lactones) is 1. The summed E-state index contributed by atoms with van der Waals surface area (Å²) < 4.78 is 5.11.